The maximum Gasteiger partial charge on any atom is 0.305 e. The number of halogens is 3. The van der Waals surface area contributed by atoms with Gasteiger partial charge in [-0.05, 0) is 48.5 Å². The Morgan fingerprint density at radius 1 is 1.00 bits per heavy atom. The molecule has 3 atom stereocenters. The molecule has 0 radical (unpaired) electrons. The lowest BCUT2D eigenvalue weighted by Crippen LogP contribution is -2.32. The van der Waals surface area contributed by atoms with Crippen LogP contribution in [0.5, 0.6) is 5.75 Å². The highest BCUT2D eigenvalue weighted by atomic mass is 79.9. The van der Waals surface area contributed by atoms with E-state index in [1.165, 1.54) is 22.7 Å². The number of aromatic nitrogens is 1. The van der Waals surface area contributed by atoms with Gasteiger partial charge in [-0.25, -0.2) is 4.90 Å². The van der Waals surface area contributed by atoms with Gasteiger partial charge in [0.1, 0.15) is 11.0 Å². The van der Waals surface area contributed by atoms with Crippen LogP contribution in [-0.2, 0) is 14.4 Å². The Labute approximate surface area is 260 Å². The van der Waals surface area contributed by atoms with Gasteiger partial charge in [0.05, 0.1) is 26.7 Å². The number of ether oxygens (including phenoxy) is 1. The summed E-state index contributed by atoms with van der Waals surface area (Å²) >= 11 is 17.6. The van der Waals surface area contributed by atoms with Gasteiger partial charge in [-0.1, -0.05) is 80.4 Å². The summed E-state index contributed by atoms with van der Waals surface area (Å²) in [5, 5.41) is 3.18. The molecule has 0 unspecified atom stereocenters. The number of anilines is 2. The van der Waals surface area contributed by atoms with Crippen LogP contribution in [0.25, 0.3) is 0 Å². The van der Waals surface area contributed by atoms with Crippen molar-refractivity contribution in [2.45, 2.75) is 16.2 Å². The second-order valence-corrected chi connectivity index (χ2v) is 13.1. The number of hydrogen-bond donors (Lipinski definition) is 2. The van der Waals surface area contributed by atoms with E-state index in [-0.39, 0.29) is 23.3 Å². The number of amides is 3. The highest BCUT2D eigenvalue weighted by Gasteiger charge is 2.56. The summed E-state index contributed by atoms with van der Waals surface area (Å²) in [6.45, 7) is -0.332. The number of H-pyrrole nitrogens is 1. The Bertz CT molecular complexity index is 1760. The molecule has 1 aromatic heterocycles. The van der Waals surface area contributed by atoms with E-state index in [9.17, 15) is 19.2 Å². The van der Waals surface area contributed by atoms with Crippen LogP contribution < -0.4 is 19.8 Å². The van der Waals surface area contributed by atoms with E-state index in [1.807, 2.05) is 0 Å². The topological polar surface area (TPSA) is 109 Å². The minimum absolute atomic E-state index is 0.281. The van der Waals surface area contributed by atoms with E-state index in [0.29, 0.717) is 42.6 Å². The second kappa shape index (κ2) is 11.3. The monoisotopic (exact) mass is 689 g/mol. The van der Waals surface area contributed by atoms with Crippen LogP contribution in [0.1, 0.15) is 16.4 Å². The molecule has 3 aromatic carbocycles. The maximum atomic E-state index is 13.9. The molecule has 41 heavy (non-hydrogen) atoms. The SMILES string of the molecule is O=C(COc1ccccc1[C@@H]1c2sc(=O)[nH]c2S[C@H]2C(=O)N(c3ccc(Br)cc3)C(=O)[C@@H]12)Nc1ccc(Cl)c(Cl)c1. The predicted molar refractivity (Wildman–Crippen MR) is 164 cm³/mol. The summed E-state index contributed by atoms with van der Waals surface area (Å²) in [7, 11) is 0. The van der Waals surface area contributed by atoms with Gasteiger partial charge in [0.2, 0.25) is 11.8 Å². The van der Waals surface area contributed by atoms with Crippen molar-refractivity contribution in [3.05, 3.63) is 101 Å². The van der Waals surface area contributed by atoms with E-state index < -0.39 is 23.0 Å². The number of carbonyl (C=O) groups excluding carboxylic acids is 3. The van der Waals surface area contributed by atoms with Crippen molar-refractivity contribution >= 4 is 91.3 Å². The molecule has 2 aliphatic rings. The first-order valence-electron chi connectivity index (χ1n) is 12.2. The summed E-state index contributed by atoms with van der Waals surface area (Å²) in [5.74, 6) is -2.22. The van der Waals surface area contributed by atoms with Crippen LogP contribution in [0.3, 0.4) is 0 Å². The van der Waals surface area contributed by atoms with E-state index >= 15 is 0 Å². The quantitative estimate of drug-likeness (QED) is 0.229. The highest BCUT2D eigenvalue weighted by Crippen LogP contribution is 2.54. The Balaban J connectivity index is 1.32. The van der Waals surface area contributed by atoms with Crippen molar-refractivity contribution < 1.29 is 19.1 Å². The van der Waals surface area contributed by atoms with Crippen LogP contribution in [-0.4, -0.2) is 34.6 Å². The summed E-state index contributed by atoms with van der Waals surface area (Å²) in [4.78, 5) is 57.1. The average Bonchev–Trinajstić information content (AvgIpc) is 3.44. The Kier molecular flexibility index (Phi) is 7.73. The lowest BCUT2D eigenvalue weighted by molar-refractivity contribution is -0.122. The number of thiazole rings is 1. The molecule has 0 bridgehead atoms. The minimum Gasteiger partial charge on any atom is -0.483 e. The molecule has 3 heterocycles. The van der Waals surface area contributed by atoms with Gasteiger partial charge in [-0.3, -0.25) is 19.2 Å². The molecule has 4 aromatic rings. The number of aromatic amines is 1. The number of nitrogens with one attached hydrogen (secondary N) is 2. The number of thioether (sulfide) groups is 1. The van der Waals surface area contributed by atoms with Crippen LogP contribution in [0.2, 0.25) is 10.0 Å². The molecule has 8 nitrogen and oxygen atoms in total. The molecular weight excluding hydrogens is 673 g/mol. The van der Waals surface area contributed by atoms with Gasteiger partial charge >= 0.3 is 4.87 Å². The first kappa shape index (κ1) is 28.0. The lowest BCUT2D eigenvalue weighted by Gasteiger charge is -2.30. The fourth-order valence-corrected chi connectivity index (χ4v) is 8.05. The van der Waals surface area contributed by atoms with Crippen molar-refractivity contribution in [3.63, 3.8) is 0 Å². The number of rotatable bonds is 6. The van der Waals surface area contributed by atoms with Gasteiger partial charge in [0.25, 0.3) is 5.91 Å². The van der Waals surface area contributed by atoms with Gasteiger partial charge in [-0.2, -0.15) is 0 Å². The van der Waals surface area contributed by atoms with Crippen LogP contribution in [0.4, 0.5) is 11.4 Å². The number of benzene rings is 3. The summed E-state index contributed by atoms with van der Waals surface area (Å²) in [6, 6.07) is 18.7. The first-order valence-corrected chi connectivity index (χ1v) is 15.5. The molecule has 1 saturated heterocycles. The third kappa shape index (κ3) is 5.32. The number of imide groups is 1. The largest absolute Gasteiger partial charge is 0.483 e. The van der Waals surface area contributed by atoms with Crippen LogP contribution in [0, 0.1) is 5.92 Å². The fourth-order valence-electron chi connectivity index (χ4n) is 4.98. The number of carbonyl (C=O) groups is 3. The maximum absolute atomic E-state index is 13.9. The number of nitrogens with zero attached hydrogens (tertiary/aromatic N) is 1. The predicted octanol–water partition coefficient (Wildman–Crippen LogP) is 6.32. The average molecular weight is 691 g/mol. The number of fused-ring (bicyclic) bond motifs is 2. The van der Waals surface area contributed by atoms with Crippen molar-refractivity contribution in [2.75, 3.05) is 16.8 Å². The van der Waals surface area contributed by atoms with Gasteiger partial charge in [-0.15, -0.1) is 0 Å². The van der Waals surface area contributed by atoms with Crippen molar-refractivity contribution in [1.82, 2.24) is 4.98 Å². The summed E-state index contributed by atoms with van der Waals surface area (Å²) in [6.07, 6.45) is 0. The van der Waals surface area contributed by atoms with E-state index in [0.717, 1.165) is 15.8 Å². The molecule has 13 heteroatoms. The fraction of sp³-hybridized carbons (Fsp3) is 0.143. The molecule has 2 aliphatic heterocycles. The van der Waals surface area contributed by atoms with E-state index in [2.05, 4.69) is 26.2 Å². The smallest absolute Gasteiger partial charge is 0.305 e. The molecule has 0 saturated carbocycles. The number of hydrogen-bond acceptors (Lipinski definition) is 7. The molecule has 2 N–H and O–H groups in total. The molecular formula is C28H18BrCl2N3O5S2. The molecule has 1 fully saturated rings. The molecule has 6 rings (SSSR count). The standard InChI is InChI=1S/C28H18BrCl2N3O5S2/c29-13-5-8-15(9-6-13)34-26(36)22-21(23-25(33-28(38)41-23)40-24(22)27(34)37)16-3-1-2-4-19(16)39-12-20(35)32-14-7-10-17(30)18(31)11-14/h1-11,21-22,24H,12H2,(H,32,35)(H,33,38)/t21-,22-,24+/m0/s1. The minimum atomic E-state index is -0.787. The zero-order chi connectivity index (χ0) is 28.8. The lowest BCUT2D eigenvalue weighted by atomic mass is 9.82. The van der Waals surface area contributed by atoms with Crippen LogP contribution >= 0.6 is 62.2 Å². The van der Waals surface area contributed by atoms with Gasteiger partial charge in [0.15, 0.2) is 6.61 Å². The van der Waals surface area contributed by atoms with E-state index in [4.69, 9.17) is 27.9 Å². The molecule has 0 aliphatic carbocycles. The summed E-state index contributed by atoms with van der Waals surface area (Å²) < 4.78 is 6.78. The molecule has 0 spiro atoms. The Hall–Kier alpha value is -3.09. The molecule has 208 valence electrons. The first-order chi connectivity index (χ1) is 19.7. The van der Waals surface area contributed by atoms with Crippen molar-refractivity contribution in [2.24, 2.45) is 5.92 Å². The second-order valence-electron chi connectivity index (χ2n) is 9.24. The Morgan fingerprint density at radius 2 is 1.76 bits per heavy atom. The highest BCUT2D eigenvalue weighted by molar-refractivity contribution is 9.10. The van der Waals surface area contributed by atoms with Crippen molar-refractivity contribution in [1.29, 1.82) is 0 Å². The zero-order valence-corrected chi connectivity index (χ0v) is 25.5. The third-order valence-electron chi connectivity index (χ3n) is 6.72. The summed E-state index contributed by atoms with van der Waals surface area (Å²) in [5.41, 5.74) is 1.52. The van der Waals surface area contributed by atoms with Crippen LogP contribution in [0.15, 0.2) is 81.0 Å². The molecule has 3 amide bonds. The number of para-hydroxylation sites is 1. The van der Waals surface area contributed by atoms with Crippen molar-refractivity contribution in [3.8, 4) is 5.75 Å². The third-order valence-corrected chi connectivity index (χ3v) is 10.4. The Morgan fingerprint density at radius 3 is 2.51 bits per heavy atom. The zero-order valence-electron chi connectivity index (χ0n) is 20.7. The normalized spacial score (nSPS) is 19.6. The van der Waals surface area contributed by atoms with Gasteiger partial charge in [0, 0.05) is 26.5 Å². The van der Waals surface area contributed by atoms with Gasteiger partial charge < -0.3 is 15.0 Å². The van der Waals surface area contributed by atoms with E-state index in [1.54, 1.807) is 60.7 Å².